The maximum Gasteiger partial charge on any atom is 0.275 e. The van der Waals surface area contributed by atoms with E-state index in [0.29, 0.717) is 16.6 Å². The molecule has 27 heavy (non-hydrogen) atoms. The van der Waals surface area contributed by atoms with Crippen molar-refractivity contribution in [1.29, 1.82) is 0 Å². The Labute approximate surface area is 168 Å². The van der Waals surface area contributed by atoms with Crippen molar-refractivity contribution in [2.45, 2.75) is 13.0 Å². The van der Waals surface area contributed by atoms with Crippen LogP contribution in [0.4, 0.5) is 10.1 Å². The maximum absolute atomic E-state index is 13.0. The van der Waals surface area contributed by atoms with E-state index in [1.165, 1.54) is 17.0 Å². The number of nitrogens with one attached hydrogen (secondary N) is 2. The van der Waals surface area contributed by atoms with Crippen LogP contribution in [0.25, 0.3) is 0 Å². The molecule has 4 nitrogen and oxygen atoms in total. The molecule has 0 aromatic heterocycles. The Morgan fingerprint density at radius 3 is 2.48 bits per heavy atom. The average Bonchev–Trinajstić information content (AvgIpc) is 2.63. The molecular weight excluding hydrogens is 388 g/mol. The quantitative estimate of drug-likeness (QED) is 0.794. The first kappa shape index (κ1) is 19.9. The second-order valence-corrected chi connectivity index (χ2v) is 7.69. The second-order valence-electron chi connectivity index (χ2n) is 6.85. The number of carbonyl (C=O) groups is 1. The third kappa shape index (κ3) is 5.34. The molecule has 0 saturated carbocycles. The van der Waals surface area contributed by atoms with Crippen molar-refractivity contribution in [2.24, 2.45) is 0 Å². The van der Waals surface area contributed by atoms with Crippen molar-refractivity contribution in [3.05, 3.63) is 63.9 Å². The number of rotatable bonds is 5. The van der Waals surface area contributed by atoms with Crippen molar-refractivity contribution < 1.29 is 14.1 Å². The lowest BCUT2D eigenvalue weighted by Crippen LogP contribution is -3.15. The highest BCUT2D eigenvalue weighted by Crippen LogP contribution is 2.25. The summed E-state index contributed by atoms with van der Waals surface area (Å²) in [7, 11) is 0. The molecule has 144 valence electrons. The van der Waals surface area contributed by atoms with Gasteiger partial charge < -0.3 is 15.1 Å². The fraction of sp³-hybridized carbons (Fsp3) is 0.350. The minimum absolute atomic E-state index is 0.00116. The molecule has 1 aliphatic rings. The molecule has 2 N–H and O–H groups in total. The monoisotopic (exact) mass is 410 g/mol. The summed E-state index contributed by atoms with van der Waals surface area (Å²) in [4.78, 5) is 15.9. The third-order valence-electron chi connectivity index (χ3n) is 4.88. The number of anilines is 1. The van der Waals surface area contributed by atoms with Crippen LogP contribution in [0.2, 0.25) is 10.0 Å². The Bertz CT molecular complexity index is 792. The number of halogens is 3. The van der Waals surface area contributed by atoms with Gasteiger partial charge in [-0.1, -0.05) is 29.3 Å². The number of carbonyl (C=O) groups excluding carboxylic acids is 1. The number of amides is 1. The minimum Gasteiger partial charge on any atom is -0.360 e. The highest BCUT2D eigenvalue weighted by Gasteiger charge is 2.23. The first-order valence-corrected chi connectivity index (χ1v) is 9.76. The zero-order valence-corrected chi connectivity index (χ0v) is 16.7. The number of hydrogen-bond donors (Lipinski definition) is 2. The Balaban J connectivity index is 1.48. The summed E-state index contributed by atoms with van der Waals surface area (Å²) in [5, 5.41) is 4.14. The van der Waals surface area contributed by atoms with Crippen LogP contribution in [0.5, 0.6) is 0 Å². The van der Waals surface area contributed by atoms with Gasteiger partial charge in [-0.2, -0.15) is 0 Å². The predicted octanol–water partition coefficient (Wildman–Crippen LogP) is 2.71. The van der Waals surface area contributed by atoms with Gasteiger partial charge in [0.15, 0.2) is 6.54 Å². The molecule has 1 heterocycles. The fourth-order valence-electron chi connectivity index (χ4n) is 3.36. The van der Waals surface area contributed by atoms with E-state index in [2.05, 4.69) is 10.2 Å². The molecule has 1 fully saturated rings. The molecule has 7 heteroatoms. The molecule has 1 amide bonds. The van der Waals surface area contributed by atoms with Crippen molar-refractivity contribution in [1.82, 2.24) is 5.32 Å². The van der Waals surface area contributed by atoms with Gasteiger partial charge in [0.05, 0.1) is 32.2 Å². The van der Waals surface area contributed by atoms with Gasteiger partial charge in [0, 0.05) is 15.7 Å². The maximum atomic E-state index is 13.0. The summed E-state index contributed by atoms with van der Waals surface area (Å²) < 4.78 is 13.0. The summed E-state index contributed by atoms with van der Waals surface area (Å²) in [5.74, 6) is -0.228. The van der Waals surface area contributed by atoms with E-state index in [1.54, 1.807) is 24.3 Å². The van der Waals surface area contributed by atoms with Gasteiger partial charge in [-0.05, 0) is 48.9 Å². The van der Waals surface area contributed by atoms with Crippen LogP contribution in [-0.2, 0) is 4.79 Å². The Morgan fingerprint density at radius 2 is 1.85 bits per heavy atom. The van der Waals surface area contributed by atoms with Crippen LogP contribution in [0, 0.1) is 5.82 Å². The van der Waals surface area contributed by atoms with E-state index >= 15 is 0 Å². The largest absolute Gasteiger partial charge is 0.360 e. The van der Waals surface area contributed by atoms with Crippen LogP contribution in [0.1, 0.15) is 18.5 Å². The third-order valence-corrected chi connectivity index (χ3v) is 5.44. The van der Waals surface area contributed by atoms with Crippen LogP contribution < -0.4 is 15.1 Å². The minimum atomic E-state index is -0.227. The normalized spacial score (nSPS) is 16.2. The number of quaternary nitrogens is 1. The first-order chi connectivity index (χ1) is 12.9. The van der Waals surface area contributed by atoms with Crippen molar-refractivity contribution in [3.8, 4) is 0 Å². The topological polar surface area (TPSA) is 36.8 Å². The molecule has 1 atom stereocenters. The van der Waals surface area contributed by atoms with Gasteiger partial charge in [0.1, 0.15) is 5.82 Å². The summed E-state index contributed by atoms with van der Waals surface area (Å²) in [6.45, 7) is 5.74. The summed E-state index contributed by atoms with van der Waals surface area (Å²) in [6, 6.07) is 11.7. The molecule has 2 aromatic carbocycles. The Morgan fingerprint density at radius 1 is 1.19 bits per heavy atom. The van der Waals surface area contributed by atoms with E-state index < -0.39 is 0 Å². The molecular formula is C20H23Cl2FN3O+. The lowest BCUT2D eigenvalue weighted by Gasteiger charge is -2.33. The molecule has 0 radical (unpaired) electrons. The fourth-order valence-corrected chi connectivity index (χ4v) is 3.93. The summed E-state index contributed by atoms with van der Waals surface area (Å²) in [5.41, 5.74) is 1.87. The van der Waals surface area contributed by atoms with Gasteiger partial charge in [0.2, 0.25) is 0 Å². The smallest absolute Gasteiger partial charge is 0.275 e. The molecule has 2 aromatic rings. The highest BCUT2D eigenvalue weighted by atomic mass is 35.5. The van der Waals surface area contributed by atoms with E-state index in [4.69, 9.17) is 23.2 Å². The number of nitrogens with zero attached hydrogens (tertiary/aromatic N) is 1. The number of benzene rings is 2. The van der Waals surface area contributed by atoms with Gasteiger partial charge >= 0.3 is 0 Å². The molecule has 0 spiro atoms. The van der Waals surface area contributed by atoms with Crippen LogP contribution in [0.15, 0.2) is 42.5 Å². The van der Waals surface area contributed by atoms with Gasteiger partial charge in [-0.15, -0.1) is 0 Å². The van der Waals surface area contributed by atoms with Crippen LogP contribution >= 0.6 is 23.2 Å². The number of piperazine rings is 1. The second kappa shape index (κ2) is 8.91. The zero-order valence-electron chi connectivity index (χ0n) is 15.1. The van der Waals surface area contributed by atoms with Crippen molar-refractivity contribution in [2.75, 3.05) is 37.6 Å². The van der Waals surface area contributed by atoms with Gasteiger partial charge in [0.25, 0.3) is 5.91 Å². The van der Waals surface area contributed by atoms with E-state index in [0.717, 1.165) is 37.4 Å². The summed E-state index contributed by atoms with van der Waals surface area (Å²) in [6.07, 6.45) is 0. The Kier molecular flexibility index (Phi) is 6.58. The van der Waals surface area contributed by atoms with Crippen molar-refractivity contribution >= 4 is 34.8 Å². The lowest BCUT2D eigenvalue weighted by atomic mass is 10.1. The molecule has 0 bridgehead atoms. The SMILES string of the molecule is C[C@H](NC(=O)C[NH+]1CCN(c2ccc(F)cc2)CC1)c1ccc(Cl)cc1Cl. The lowest BCUT2D eigenvalue weighted by molar-refractivity contribution is -0.892. The van der Waals surface area contributed by atoms with E-state index in [1.807, 2.05) is 13.0 Å². The van der Waals surface area contributed by atoms with E-state index in [-0.39, 0.29) is 17.8 Å². The number of hydrogen-bond acceptors (Lipinski definition) is 2. The molecule has 1 saturated heterocycles. The van der Waals surface area contributed by atoms with Crippen LogP contribution in [0.3, 0.4) is 0 Å². The van der Waals surface area contributed by atoms with E-state index in [9.17, 15) is 9.18 Å². The summed E-state index contributed by atoms with van der Waals surface area (Å²) >= 11 is 12.1. The highest BCUT2D eigenvalue weighted by molar-refractivity contribution is 6.35. The average molecular weight is 411 g/mol. The van der Waals surface area contributed by atoms with Gasteiger partial charge in [-0.3, -0.25) is 4.79 Å². The van der Waals surface area contributed by atoms with Crippen molar-refractivity contribution in [3.63, 3.8) is 0 Å². The molecule has 0 aliphatic carbocycles. The molecule has 1 aliphatic heterocycles. The zero-order chi connectivity index (χ0) is 19.4. The standard InChI is InChI=1S/C20H22Cl2FN3O/c1-14(18-7-2-15(21)12-19(18)22)24-20(27)13-25-8-10-26(11-9-25)17-5-3-16(23)4-6-17/h2-7,12,14H,8-11,13H2,1H3,(H,24,27)/p+1/t14-/m0/s1. The first-order valence-electron chi connectivity index (χ1n) is 9.01. The Hall–Kier alpha value is -1.82. The molecule has 3 rings (SSSR count). The van der Waals surface area contributed by atoms with Crippen LogP contribution in [-0.4, -0.2) is 38.6 Å². The predicted molar refractivity (Wildman–Crippen MR) is 107 cm³/mol. The molecule has 0 unspecified atom stereocenters. The van der Waals surface area contributed by atoms with Gasteiger partial charge in [-0.25, -0.2) is 4.39 Å².